The first kappa shape index (κ1) is 30.1. The molecule has 5 rings (SSSR count). The van der Waals surface area contributed by atoms with Crippen LogP contribution in [0.1, 0.15) is 45.3 Å². The zero-order valence-electron chi connectivity index (χ0n) is 22.0. The Bertz CT molecular complexity index is 1630. The third-order valence-corrected chi connectivity index (χ3v) is 8.12. The number of alkyl halides is 6. The van der Waals surface area contributed by atoms with Crippen molar-refractivity contribution in [2.45, 2.75) is 37.8 Å². The molecule has 2 heterocycles. The second-order valence-corrected chi connectivity index (χ2v) is 10.8. The molecule has 1 aliphatic heterocycles. The number of ether oxygens (including phenoxy) is 1. The number of fused-ring (bicyclic) bond motifs is 1. The summed E-state index contributed by atoms with van der Waals surface area (Å²) < 4.78 is 80.5. The molecule has 1 amide bonds. The van der Waals surface area contributed by atoms with Crippen LogP contribution in [0.4, 0.5) is 37.7 Å². The maximum atomic E-state index is 13.2. The van der Waals surface area contributed by atoms with Crippen LogP contribution in [-0.2, 0) is 12.7 Å². The average Bonchev–Trinajstić information content (AvgIpc) is 3.39. The van der Waals surface area contributed by atoms with Gasteiger partial charge in [0.05, 0.1) is 16.0 Å². The molecule has 1 N–H and O–H groups in total. The molecule has 0 spiro atoms. The Hall–Kier alpha value is -4.40. The van der Waals surface area contributed by atoms with Gasteiger partial charge < -0.3 is 15.0 Å². The first-order chi connectivity index (χ1) is 20.3. The molecule has 43 heavy (non-hydrogen) atoms. The van der Waals surface area contributed by atoms with Gasteiger partial charge in [-0.05, 0) is 60.2 Å². The summed E-state index contributed by atoms with van der Waals surface area (Å²) in [7, 11) is 0. The number of hydrogen-bond donors (Lipinski definition) is 1. The zero-order valence-corrected chi connectivity index (χ0v) is 22.9. The summed E-state index contributed by atoms with van der Waals surface area (Å²) in [6, 6.07) is 14.5. The molecule has 0 unspecified atom stereocenters. The van der Waals surface area contributed by atoms with Gasteiger partial charge in [0.25, 0.3) is 11.6 Å². The van der Waals surface area contributed by atoms with Crippen molar-refractivity contribution in [3.05, 3.63) is 92.5 Å². The van der Waals surface area contributed by atoms with Crippen molar-refractivity contribution in [3.63, 3.8) is 0 Å². The summed E-state index contributed by atoms with van der Waals surface area (Å²) in [5.74, 6) is -0.726. The highest BCUT2D eigenvalue weighted by Gasteiger charge is 2.35. The Morgan fingerprint density at radius 3 is 2.26 bits per heavy atom. The Kier molecular flexibility index (Phi) is 8.18. The van der Waals surface area contributed by atoms with E-state index in [1.165, 1.54) is 12.1 Å². The van der Waals surface area contributed by atoms with Crippen LogP contribution in [0, 0.1) is 10.1 Å². The molecule has 0 saturated carbocycles. The quantitative estimate of drug-likeness (QED) is 0.130. The number of carbonyl (C=O) groups is 1. The molecule has 0 atom stereocenters. The largest absolute Gasteiger partial charge is 0.573 e. The molecule has 1 aliphatic rings. The van der Waals surface area contributed by atoms with Crippen LogP contribution < -0.4 is 15.0 Å². The minimum Gasteiger partial charge on any atom is -0.406 e. The van der Waals surface area contributed by atoms with Gasteiger partial charge in [-0.25, -0.2) is 4.98 Å². The van der Waals surface area contributed by atoms with Crippen molar-refractivity contribution in [2.75, 3.05) is 18.0 Å². The number of amides is 1. The van der Waals surface area contributed by atoms with Gasteiger partial charge >= 0.3 is 12.5 Å². The van der Waals surface area contributed by atoms with Crippen LogP contribution in [0.15, 0.2) is 60.7 Å². The normalized spacial score (nSPS) is 14.6. The van der Waals surface area contributed by atoms with Gasteiger partial charge in [-0.1, -0.05) is 24.3 Å². The third-order valence-electron chi connectivity index (χ3n) is 7.02. The molecule has 0 aliphatic carbocycles. The van der Waals surface area contributed by atoms with Crippen LogP contribution in [-0.4, -0.2) is 35.3 Å². The van der Waals surface area contributed by atoms with E-state index < -0.39 is 34.6 Å². The Morgan fingerprint density at radius 1 is 1.02 bits per heavy atom. The molecular weight excluding hydrogens is 602 g/mol. The number of non-ortho nitro benzene ring substituents is 1. The molecule has 4 aromatic rings. The lowest BCUT2D eigenvalue weighted by Crippen LogP contribution is -2.32. The number of aromatic nitrogens is 1. The van der Waals surface area contributed by atoms with Gasteiger partial charge in [0, 0.05) is 31.4 Å². The molecule has 0 bridgehead atoms. The van der Waals surface area contributed by atoms with E-state index in [4.69, 9.17) is 0 Å². The lowest BCUT2D eigenvalue weighted by Gasteiger charge is -2.34. The number of piperidine rings is 1. The molecule has 0 radical (unpaired) electrons. The Morgan fingerprint density at radius 2 is 1.67 bits per heavy atom. The van der Waals surface area contributed by atoms with E-state index in [-0.39, 0.29) is 33.4 Å². The minimum atomic E-state index is -4.81. The number of nitro groups is 1. The van der Waals surface area contributed by atoms with E-state index in [0.29, 0.717) is 23.5 Å². The predicted molar refractivity (Wildman–Crippen MR) is 146 cm³/mol. The van der Waals surface area contributed by atoms with Crippen LogP contribution in [0.5, 0.6) is 5.75 Å². The van der Waals surface area contributed by atoms with Gasteiger partial charge in [0.1, 0.15) is 10.4 Å². The highest BCUT2D eigenvalue weighted by molar-refractivity contribution is 7.20. The first-order valence-corrected chi connectivity index (χ1v) is 13.7. The van der Waals surface area contributed by atoms with Gasteiger partial charge in [-0.2, -0.15) is 13.2 Å². The van der Waals surface area contributed by atoms with Crippen molar-refractivity contribution in [1.82, 2.24) is 10.3 Å². The summed E-state index contributed by atoms with van der Waals surface area (Å²) in [4.78, 5) is 29.2. The number of nitrogens with one attached hydrogen (secondary N) is 1. The summed E-state index contributed by atoms with van der Waals surface area (Å²) in [6.45, 7) is 1.57. The monoisotopic (exact) mass is 624 g/mol. The van der Waals surface area contributed by atoms with Crippen molar-refractivity contribution >= 4 is 38.8 Å². The van der Waals surface area contributed by atoms with E-state index in [1.54, 1.807) is 12.1 Å². The van der Waals surface area contributed by atoms with Crippen molar-refractivity contribution in [3.8, 4) is 5.75 Å². The first-order valence-electron chi connectivity index (χ1n) is 12.9. The number of anilines is 1. The lowest BCUT2D eigenvalue weighted by molar-refractivity contribution is -0.383. The van der Waals surface area contributed by atoms with Crippen LogP contribution >= 0.6 is 11.3 Å². The van der Waals surface area contributed by atoms with E-state index in [0.717, 1.165) is 42.7 Å². The van der Waals surface area contributed by atoms with Crippen LogP contribution in [0.25, 0.3) is 10.2 Å². The lowest BCUT2D eigenvalue weighted by atomic mass is 9.89. The summed E-state index contributed by atoms with van der Waals surface area (Å²) in [5, 5.41) is 13.8. The Labute approximate surface area is 244 Å². The number of hydrogen-bond acceptors (Lipinski definition) is 7. The minimum absolute atomic E-state index is 0.0983. The predicted octanol–water partition coefficient (Wildman–Crippen LogP) is 7.44. The molecule has 1 fully saturated rings. The second kappa shape index (κ2) is 11.7. The number of carbonyl (C=O) groups excluding carboxylic acids is 1. The third kappa shape index (κ3) is 7.16. The second-order valence-electron chi connectivity index (χ2n) is 9.84. The van der Waals surface area contributed by atoms with Gasteiger partial charge in [0.15, 0.2) is 5.01 Å². The van der Waals surface area contributed by atoms with Crippen molar-refractivity contribution in [1.29, 1.82) is 0 Å². The van der Waals surface area contributed by atoms with Crippen LogP contribution in [0.3, 0.4) is 0 Å². The SMILES string of the molecule is O=C(NCc1ccc(N2CCC(c3ccc(OC(F)(F)F)cc3)CC2)cc1)c1nc2cc(C(F)(F)F)cc([N+](=O)[O-])c2s1. The number of nitro benzene ring substituents is 1. The topological polar surface area (TPSA) is 97.6 Å². The number of nitrogens with zero attached hydrogens (tertiary/aromatic N) is 3. The molecule has 1 aromatic heterocycles. The molecule has 15 heteroatoms. The molecule has 8 nitrogen and oxygen atoms in total. The van der Waals surface area contributed by atoms with E-state index in [1.807, 2.05) is 24.3 Å². The number of benzene rings is 3. The zero-order chi connectivity index (χ0) is 30.9. The van der Waals surface area contributed by atoms with Crippen molar-refractivity contribution in [2.24, 2.45) is 0 Å². The maximum Gasteiger partial charge on any atom is 0.573 e. The molecular formula is C28H22F6N4O4S. The maximum absolute atomic E-state index is 13.2. The average molecular weight is 625 g/mol. The number of rotatable bonds is 7. The molecule has 1 saturated heterocycles. The summed E-state index contributed by atoms with van der Waals surface area (Å²) in [5.41, 5.74) is 0.387. The molecule has 226 valence electrons. The Balaban J connectivity index is 1.17. The van der Waals surface area contributed by atoms with E-state index >= 15 is 0 Å². The van der Waals surface area contributed by atoms with Crippen LogP contribution in [0.2, 0.25) is 0 Å². The summed E-state index contributed by atoms with van der Waals surface area (Å²) >= 11 is 0.647. The van der Waals surface area contributed by atoms with Gasteiger partial charge in [-0.3, -0.25) is 14.9 Å². The van der Waals surface area contributed by atoms with E-state index in [9.17, 15) is 41.3 Å². The highest BCUT2D eigenvalue weighted by Crippen LogP contribution is 2.38. The fraction of sp³-hybridized carbons (Fsp3) is 0.286. The standard InChI is InChI=1S/C28H22F6N4O4S/c29-27(30,31)19-13-22-24(23(14-19)38(40)41)43-26(36-22)25(39)35-15-16-1-5-20(6-2-16)37-11-9-18(10-12-37)17-3-7-21(8-4-17)42-28(32,33)34/h1-8,13-14,18H,9-12,15H2,(H,35,39). The molecule has 3 aromatic carbocycles. The summed E-state index contributed by atoms with van der Waals surface area (Å²) in [6.07, 6.45) is -7.93. The number of thiazole rings is 1. The van der Waals surface area contributed by atoms with Gasteiger partial charge in [-0.15, -0.1) is 24.5 Å². The fourth-order valence-electron chi connectivity index (χ4n) is 4.91. The van der Waals surface area contributed by atoms with E-state index in [2.05, 4.69) is 19.9 Å². The fourth-order valence-corrected chi connectivity index (χ4v) is 5.86. The van der Waals surface area contributed by atoms with Gasteiger partial charge in [0.2, 0.25) is 0 Å². The number of halogens is 6. The highest BCUT2D eigenvalue weighted by atomic mass is 32.1. The van der Waals surface area contributed by atoms with Crippen molar-refractivity contribution < 1.29 is 40.8 Å². The smallest absolute Gasteiger partial charge is 0.406 e.